The Morgan fingerprint density at radius 3 is 2.88 bits per heavy atom. The third-order valence-corrected chi connectivity index (χ3v) is 3.44. The molecule has 0 aliphatic heterocycles. The van der Waals surface area contributed by atoms with Gasteiger partial charge in [-0.25, -0.2) is 0 Å². The first kappa shape index (κ1) is 13.6. The highest BCUT2D eigenvalue weighted by molar-refractivity contribution is 7.99. The van der Waals surface area contributed by atoms with Crippen molar-refractivity contribution in [2.45, 2.75) is 26.3 Å². The second-order valence-electron chi connectivity index (χ2n) is 4.51. The Labute approximate surface area is 107 Å². The maximum absolute atomic E-state index is 3.46. The summed E-state index contributed by atoms with van der Waals surface area (Å²) in [6, 6.07) is 4.10. The molecule has 3 heteroatoms. The van der Waals surface area contributed by atoms with Crippen LogP contribution in [0, 0.1) is 11.8 Å². The van der Waals surface area contributed by atoms with E-state index in [0.29, 0.717) is 0 Å². The molecule has 0 spiro atoms. The third-order valence-electron chi connectivity index (χ3n) is 1.81. The zero-order valence-electron chi connectivity index (χ0n) is 10.2. The fraction of sp³-hybridized carbons (Fsp3) is 0.538. The van der Waals surface area contributed by atoms with Gasteiger partial charge in [-0.2, -0.15) is 0 Å². The van der Waals surface area contributed by atoms with Gasteiger partial charge in [0.05, 0.1) is 10.6 Å². The van der Waals surface area contributed by atoms with Gasteiger partial charge in [0.15, 0.2) is 0 Å². The lowest BCUT2D eigenvalue weighted by molar-refractivity contribution is 0.441. The van der Waals surface area contributed by atoms with Crippen molar-refractivity contribution in [3.63, 3.8) is 0 Å². The van der Waals surface area contributed by atoms with Crippen molar-refractivity contribution in [3.05, 3.63) is 22.4 Å². The summed E-state index contributed by atoms with van der Waals surface area (Å²) < 4.78 is 0. The lowest BCUT2D eigenvalue weighted by Crippen LogP contribution is -2.37. The van der Waals surface area contributed by atoms with Crippen LogP contribution in [0.5, 0.6) is 0 Å². The molecule has 0 unspecified atom stereocenters. The van der Waals surface area contributed by atoms with Gasteiger partial charge in [-0.05, 0) is 32.2 Å². The van der Waals surface area contributed by atoms with Gasteiger partial charge < -0.3 is 5.32 Å². The molecule has 0 fully saturated rings. The molecule has 1 nitrogen and oxygen atoms in total. The predicted octanol–water partition coefficient (Wildman–Crippen LogP) is 3.22. The first-order valence-electron chi connectivity index (χ1n) is 5.43. The number of nitrogens with one attached hydrogen (secondary N) is 1. The van der Waals surface area contributed by atoms with E-state index in [2.05, 4.69) is 49.4 Å². The van der Waals surface area contributed by atoms with E-state index in [1.54, 1.807) is 11.3 Å². The van der Waals surface area contributed by atoms with Crippen molar-refractivity contribution in [2.75, 3.05) is 18.1 Å². The van der Waals surface area contributed by atoms with Crippen LogP contribution in [-0.4, -0.2) is 23.6 Å². The quantitative estimate of drug-likeness (QED) is 0.653. The minimum absolute atomic E-state index is 0.225. The molecule has 0 saturated heterocycles. The smallest absolute Gasteiger partial charge is 0.0768 e. The maximum Gasteiger partial charge on any atom is 0.0768 e. The highest BCUT2D eigenvalue weighted by atomic mass is 32.2. The summed E-state index contributed by atoms with van der Waals surface area (Å²) in [6.45, 7) is 7.62. The second-order valence-corrected chi connectivity index (χ2v) is 6.56. The van der Waals surface area contributed by atoms with E-state index < -0.39 is 0 Å². The van der Waals surface area contributed by atoms with Crippen LogP contribution in [0.2, 0.25) is 0 Å². The second kappa shape index (κ2) is 7.01. The number of hydrogen-bond donors (Lipinski definition) is 1. The van der Waals surface area contributed by atoms with Crippen LogP contribution in [0.15, 0.2) is 17.5 Å². The molecular formula is C13H19NS2. The molecule has 0 saturated carbocycles. The molecule has 0 aromatic carbocycles. The molecule has 0 aliphatic rings. The average molecular weight is 253 g/mol. The zero-order valence-corrected chi connectivity index (χ0v) is 11.8. The van der Waals surface area contributed by atoms with E-state index in [-0.39, 0.29) is 5.54 Å². The van der Waals surface area contributed by atoms with Crippen LogP contribution >= 0.6 is 23.1 Å². The number of rotatable bonds is 4. The molecule has 0 bridgehead atoms. The Kier molecular flexibility index (Phi) is 5.97. The molecule has 1 heterocycles. The lowest BCUT2D eigenvalue weighted by atomic mass is 10.1. The van der Waals surface area contributed by atoms with Crippen LogP contribution < -0.4 is 5.32 Å². The van der Waals surface area contributed by atoms with E-state index in [1.165, 1.54) is 0 Å². The third kappa shape index (κ3) is 6.95. The number of thiophene rings is 1. The summed E-state index contributed by atoms with van der Waals surface area (Å²) in [6.07, 6.45) is 0. The van der Waals surface area contributed by atoms with Crippen molar-refractivity contribution >= 4 is 23.1 Å². The highest BCUT2D eigenvalue weighted by Gasteiger charge is 2.06. The molecule has 1 rings (SSSR count). The normalized spacial score (nSPS) is 10.9. The Morgan fingerprint density at radius 2 is 2.25 bits per heavy atom. The molecule has 0 amide bonds. The molecular weight excluding hydrogens is 234 g/mol. The van der Waals surface area contributed by atoms with Gasteiger partial charge in [-0.3, -0.25) is 0 Å². The SMILES string of the molecule is CC(C)(C)NCCSCC#Cc1cccs1. The lowest BCUT2D eigenvalue weighted by Gasteiger charge is -2.19. The molecule has 0 aliphatic carbocycles. The van der Waals surface area contributed by atoms with Gasteiger partial charge in [0.25, 0.3) is 0 Å². The Bertz CT molecular complexity index is 338. The highest BCUT2D eigenvalue weighted by Crippen LogP contribution is 2.06. The molecule has 1 aromatic heterocycles. The van der Waals surface area contributed by atoms with Gasteiger partial charge >= 0.3 is 0 Å². The first-order valence-corrected chi connectivity index (χ1v) is 7.46. The fourth-order valence-electron chi connectivity index (χ4n) is 1.09. The minimum Gasteiger partial charge on any atom is -0.311 e. The summed E-state index contributed by atoms with van der Waals surface area (Å²) >= 11 is 3.58. The van der Waals surface area contributed by atoms with E-state index in [4.69, 9.17) is 0 Å². The van der Waals surface area contributed by atoms with Crippen LogP contribution in [0.1, 0.15) is 25.6 Å². The van der Waals surface area contributed by atoms with E-state index >= 15 is 0 Å². The summed E-state index contributed by atoms with van der Waals surface area (Å²) in [5, 5.41) is 5.52. The Balaban J connectivity index is 2.04. The van der Waals surface area contributed by atoms with Crippen molar-refractivity contribution in [1.82, 2.24) is 5.32 Å². The molecule has 16 heavy (non-hydrogen) atoms. The summed E-state index contributed by atoms with van der Waals surface area (Å²) in [7, 11) is 0. The number of thioether (sulfide) groups is 1. The predicted molar refractivity (Wildman–Crippen MR) is 76.3 cm³/mol. The summed E-state index contributed by atoms with van der Waals surface area (Å²) in [5.41, 5.74) is 0.225. The monoisotopic (exact) mass is 253 g/mol. The van der Waals surface area contributed by atoms with Crippen molar-refractivity contribution < 1.29 is 0 Å². The zero-order chi connectivity index (χ0) is 11.9. The van der Waals surface area contributed by atoms with Gasteiger partial charge in [-0.1, -0.05) is 17.9 Å². The van der Waals surface area contributed by atoms with Crippen LogP contribution in [0.25, 0.3) is 0 Å². The van der Waals surface area contributed by atoms with Gasteiger partial charge in [0.1, 0.15) is 0 Å². The Morgan fingerprint density at radius 1 is 1.44 bits per heavy atom. The van der Waals surface area contributed by atoms with Crippen molar-refractivity contribution in [3.8, 4) is 11.8 Å². The molecule has 0 atom stereocenters. The van der Waals surface area contributed by atoms with E-state index in [9.17, 15) is 0 Å². The summed E-state index contributed by atoms with van der Waals surface area (Å²) in [4.78, 5) is 1.16. The minimum atomic E-state index is 0.225. The van der Waals surface area contributed by atoms with E-state index in [0.717, 1.165) is 22.9 Å². The van der Waals surface area contributed by atoms with Crippen LogP contribution in [0.4, 0.5) is 0 Å². The number of hydrogen-bond acceptors (Lipinski definition) is 3. The van der Waals surface area contributed by atoms with Crippen LogP contribution in [-0.2, 0) is 0 Å². The maximum atomic E-state index is 3.46. The molecule has 88 valence electrons. The molecule has 1 aromatic rings. The fourth-order valence-corrected chi connectivity index (χ4v) is 2.25. The van der Waals surface area contributed by atoms with Gasteiger partial charge in [-0.15, -0.1) is 23.1 Å². The molecule has 0 radical (unpaired) electrons. The summed E-state index contributed by atoms with van der Waals surface area (Å²) in [5.74, 6) is 8.38. The van der Waals surface area contributed by atoms with Gasteiger partial charge in [0, 0.05) is 17.8 Å². The topological polar surface area (TPSA) is 12.0 Å². The Hall–Kier alpha value is -0.430. The standard InChI is InChI=1S/C13H19NS2/c1-13(2,3)14-8-11-15-9-4-6-12-7-5-10-16-12/h5,7,10,14H,8-9,11H2,1-3H3. The van der Waals surface area contributed by atoms with Crippen molar-refractivity contribution in [2.24, 2.45) is 0 Å². The van der Waals surface area contributed by atoms with E-state index in [1.807, 2.05) is 17.8 Å². The van der Waals surface area contributed by atoms with Crippen LogP contribution in [0.3, 0.4) is 0 Å². The average Bonchev–Trinajstić information content (AvgIpc) is 2.67. The first-order chi connectivity index (χ1) is 7.58. The van der Waals surface area contributed by atoms with Gasteiger partial charge in [0.2, 0.25) is 0 Å². The van der Waals surface area contributed by atoms with Crippen molar-refractivity contribution in [1.29, 1.82) is 0 Å². The largest absolute Gasteiger partial charge is 0.311 e. The molecule has 1 N–H and O–H groups in total.